The largest absolute Gasteiger partial charge is 0.396 e. The number of thiol groups is 1. The van der Waals surface area contributed by atoms with Gasteiger partial charge in [-0.1, -0.05) is 0 Å². The third kappa shape index (κ3) is 1.11. The fourth-order valence-electron chi connectivity index (χ4n) is 0.871. The van der Waals surface area contributed by atoms with E-state index in [-0.39, 0.29) is 0 Å². The number of nitrogens with two attached hydrogens (primary N) is 1. The average Bonchev–Trinajstić information content (AvgIpc) is 2.30. The summed E-state index contributed by atoms with van der Waals surface area (Å²) in [7, 11) is 0. The molecule has 0 aliphatic heterocycles. The number of aryl methyl sites for hydroxylation is 1. The van der Waals surface area contributed by atoms with E-state index in [0.717, 1.165) is 17.9 Å². The van der Waals surface area contributed by atoms with E-state index in [0.29, 0.717) is 5.75 Å². The first-order valence-electron chi connectivity index (χ1n) is 3.20. The van der Waals surface area contributed by atoms with Gasteiger partial charge in [0, 0.05) is 12.3 Å². The molecule has 1 aromatic rings. The van der Waals surface area contributed by atoms with Crippen molar-refractivity contribution in [1.82, 2.24) is 9.78 Å². The molecule has 10 heavy (non-hydrogen) atoms. The van der Waals surface area contributed by atoms with Gasteiger partial charge >= 0.3 is 0 Å². The quantitative estimate of drug-likeness (QED) is 0.627. The molecule has 0 unspecified atom stereocenters. The second-order valence-corrected chi connectivity index (χ2v) is 2.34. The SMILES string of the molecule is CCn1ncc(N)c1CS. The molecule has 1 heterocycles. The number of hydrogen-bond acceptors (Lipinski definition) is 3. The number of rotatable bonds is 2. The Hall–Kier alpha value is -0.640. The molecule has 0 bridgehead atoms. The molecule has 0 aliphatic rings. The first kappa shape index (κ1) is 7.47. The summed E-state index contributed by atoms with van der Waals surface area (Å²) >= 11 is 4.13. The fourth-order valence-corrected chi connectivity index (χ4v) is 1.22. The standard InChI is InChI=1S/C6H11N3S/c1-2-9-6(4-10)5(7)3-8-9/h3,10H,2,4,7H2,1H3. The maximum atomic E-state index is 5.60. The van der Waals surface area contributed by atoms with Gasteiger partial charge in [-0.05, 0) is 6.92 Å². The first-order chi connectivity index (χ1) is 4.79. The average molecular weight is 157 g/mol. The van der Waals surface area contributed by atoms with Gasteiger partial charge in [0.05, 0.1) is 17.6 Å². The summed E-state index contributed by atoms with van der Waals surface area (Å²) in [4.78, 5) is 0. The van der Waals surface area contributed by atoms with E-state index in [1.165, 1.54) is 0 Å². The molecular weight excluding hydrogens is 146 g/mol. The van der Waals surface area contributed by atoms with E-state index in [1.807, 2.05) is 11.6 Å². The van der Waals surface area contributed by atoms with Crippen molar-refractivity contribution in [2.24, 2.45) is 0 Å². The summed E-state index contributed by atoms with van der Waals surface area (Å²) in [5.74, 6) is 0.652. The number of hydrogen-bond donors (Lipinski definition) is 2. The third-order valence-electron chi connectivity index (χ3n) is 1.43. The lowest BCUT2D eigenvalue weighted by molar-refractivity contribution is 0.638. The number of nitrogen functional groups attached to an aromatic ring is 1. The highest BCUT2D eigenvalue weighted by molar-refractivity contribution is 7.79. The third-order valence-corrected chi connectivity index (χ3v) is 1.73. The summed E-state index contributed by atoms with van der Waals surface area (Å²) in [6.45, 7) is 2.88. The van der Waals surface area contributed by atoms with Gasteiger partial charge in [0.2, 0.25) is 0 Å². The fraction of sp³-hybridized carbons (Fsp3) is 0.500. The van der Waals surface area contributed by atoms with Gasteiger partial charge in [0.1, 0.15) is 0 Å². The Kier molecular flexibility index (Phi) is 2.21. The van der Waals surface area contributed by atoms with E-state index in [4.69, 9.17) is 5.73 Å². The Morgan fingerprint density at radius 3 is 2.90 bits per heavy atom. The molecule has 1 rings (SSSR count). The van der Waals surface area contributed by atoms with Crippen LogP contribution in [-0.2, 0) is 12.3 Å². The zero-order valence-electron chi connectivity index (χ0n) is 5.91. The minimum absolute atomic E-state index is 0.652. The monoisotopic (exact) mass is 157 g/mol. The molecule has 0 radical (unpaired) electrons. The van der Waals surface area contributed by atoms with Crippen LogP contribution in [0.15, 0.2) is 6.20 Å². The van der Waals surface area contributed by atoms with Gasteiger partial charge in [-0.15, -0.1) is 0 Å². The molecule has 4 heteroatoms. The number of nitrogens with zero attached hydrogens (tertiary/aromatic N) is 2. The van der Waals surface area contributed by atoms with Crippen molar-refractivity contribution in [1.29, 1.82) is 0 Å². The highest BCUT2D eigenvalue weighted by Crippen LogP contribution is 2.12. The molecule has 0 saturated heterocycles. The van der Waals surface area contributed by atoms with Crippen LogP contribution in [0.2, 0.25) is 0 Å². The van der Waals surface area contributed by atoms with Gasteiger partial charge in [0.25, 0.3) is 0 Å². The van der Waals surface area contributed by atoms with Gasteiger partial charge in [-0.2, -0.15) is 17.7 Å². The lowest BCUT2D eigenvalue weighted by Gasteiger charge is -2.00. The van der Waals surface area contributed by atoms with Gasteiger partial charge in [0.15, 0.2) is 0 Å². The predicted molar refractivity (Wildman–Crippen MR) is 45.0 cm³/mol. The molecule has 0 fully saturated rings. The van der Waals surface area contributed by atoms with Crippen molar-refractivity contribution in [3.8, 4) is 0 Å². The summed E-state index contributed by atoms with van der Waals surface area (Å²) in [5, 5.41) is 4.05. The van der Waals surface area contributed by atoms with Crippen molar-refractivity contribution < 1.29 is 0 Å². The van der Waals surface area contributed by atoms with Crippen LogP contribution in [0.25, 0.3) is 0 Å². The Labute approximate surface area is 65.6 Å². The molecule has 56 valence electrons. The lowest BCUT2D eigenvalue weighted by atomic mass is 10.4. The molecular formula is C6H11N3S. The van der Waals surface area contributed by atoms with Crippen LogP contribution >= 0.6 is 12.6 Å². The zero-order chi connectivity index (χ0) is 7.56. The summed E-state index contributed by atoms with van der Waals surface area (Å²) in [6.07, 6.45) is 1.66. The van der Waals surface area contributed by atoms with Crippen LogP contribution in [0.1, 0.15) is 12.6 Å². The van der Waals surface area contributed by atoms with Crippen molar-refractivity contribution in [3.63, 3.8) is 0 Å². The lowest BCUT2D eigenvalue weighted by Crippen LogP contribution is -2.01. The molecule has 0 amide bonds. The van der Waals surface area contributed by atoms with E-state index in [1.54, 1.807) is 6.20 Å². The second kappa shape index (κ2) is 2.96. The summed E-state index contributed by atoms with van der Waals surface area (Å²) < 4.78 is 1.85. The maximum Gasteiger partial charge on any atom is 0.0741 e. The van der Waals surface area contributed by atoms with Crippen molar-refractivity contribution in [3.05, 3.63) is 11.9 Å². The summed E-state index contributed by atoms with van der Waals surface area (Å²) in [6, 6.07) is 0. The number of aromatic nitrogens is 2. The molecule has 0 aliphatic carbocycles. The first-order valence-corrected chi connectivity index (χ1v) is 3.83. The normalized spacial score (nSPS) is 10.2. The van der Waals surface area contributed by atoms with Gasteiger partial charge in [-0.3, -0.25) is 4.68 Å². The van der Waals surface area contributed by atoms with E-state index in [9.17, 15) is 0 Å². The molecule has 0 atom stereocenters. The van der Waals surface area contributed by atoms with Crippen LogP contribution in [-0.4, -0.2) is 9.78 Å². The Balaban J connectivity index is 3.01. The van der Waals surface area contributed by atoms with Crippen LogP contribution in [0.5, 0.6) is 0 Å². The highest BCUT2D eigenvalue weighted by Gasteiger charge is 2.02. The molecule has 1 aromatic heterocycles. The second-order valence-electron chi connectivity index (χ2n) is 2.02. The Morgan fingerprint density at radius 1 is 1.80 bits per heavy atom. The van der Waals surface area contributed by atoms with E-state index in [2.05, 4.69) is 17.7 Å². The van der Waals surface area contributed by atoms with E-state index < -0.39 is 0 Å². The molecule has 0 saturated carbocycles. The van der Waals surface area contributed by atoms with E-state index >= 15 is 0 Å². The van der Waals surface area contributed by atoms with Gasteiger partial charge < -0.3 is 5.73 Å². The topological polar surface area (TPSA) is 43.8 Å². The van der Waals surface area contributed by atoms with Crippen LogP contribution in [0.4, 0.5) is 5.69 Å². The Bertz CT molecular complexity index is 219. The summed E-state index contributed by atoms with van der Waals surface area (Å²) in [5.41, 5.74) is 7.33. The zero-order valence-corrected chi connectivity index (χ0v) is 6.80. The highest BCUT2D eigenvalue weighted by atomic mass is 32.1. The van der Waals surface area contributed by atoms with Crippen molar-refractivity contribution >= 4 is 18.3 Å². The smallest absolute Gasteiger partial charge is 0.0741 e. The van der Waals surface area contributed by atoms with Crippen LogP contribution < -0.4 is 5.73 Å². The van der Waals surface area contributed by atoms with Gasteiger partial charge in [-0.25, -0.2) is 0 Å². The molecule has 2 N–H and O–H groups in total. The minimum atomic E-state index is 0.652. The molecule has 0 spiro atoms. The van der Waals surface area contributed by atoms with Crippen LogP contribution in [0.3, 0.4) is 0 Å². The van der Waals surface area contributed by atoms with Crippen molar-refractivity contribution in [2.45, 2.75) is 19.2 Å². The molecule has 3 nitrogen and oxygen atoms in total. The maximum absolute atomic E-state index is 5.60. The minimum Gasteiger partial charge on any atom is -0.396 e. The Morgan fingerprint density at radius 2 is 2.50 bits per heavy atom. The molecule has 0 aromatic carbocycles. The number of anilines is 1. The van der Waals surface area contributed by atoms with Crippen molar-refractivity contribution in [2.75, 3.05) is 5.73 Å². The predicted octanol–water partition coefficient (Wildman–Crippen LogP) is 0.915. The van der Waals surface area contributed by atoms with Crippen LogP contribution in [0, 0.1) is 0 Å².